The average Bonchev–Trinajstić information content (AvgIpc) is 3.53. The van der Waals surface area contributed by atoms with Crippen LogP contribution < -0.4 is 0 Å². The number of benzene rings is 3. The van der Waals surface area contributed by atoms with Gasteiger partial charge < -0.3 is 14.6 Å². The second-order valence-electron chi connectivity index (χ2n) is 11.3. The molecule has 1 aromatic heterocycles. The van der Waals surface area contributed by atoms with E-state index in [1.807, 2.05) is 83.9 Å². The molecule has 0 aliphatic carbocycles. The maximum Gasteiger partial charge on any atom is 0.225 e. The molecule has 9 heteroatoms. The van der Waals surface area contributed by atoms with Crippen LogP contribution in [0.3, 0.4) is 0 Å². The number of fused-ring (bicyclic) bond motifs is 1. The molecular weight excluding hydrogens is 601 g/mol. The molecule has 2 atom stereocenters. The maximum absolute atomic E-state index is 14.6. The van der Waals surface area contributed by atoms with Crippen LogP contribution in [0.25, 0.3) is 10.9 Å². The largest absolute Gasteiger partial charge is 0.379 e. The zero-order valence-electron chi connectivity index (χ0n) is 23.9. The predicted octanol–water partition coefficient (Wildman–Crippen LogP) is 7.55. The van der Waals surface area contributed by atoms with Gasteiger partial charge in [0, 0.05) is 63.7 Å². The fourth-order valence-electron chi connectivity index (χ4n) is 6.35. The Morgan fingerprint density at radius 1 is 0.977 bits per heavy atom. The van der Waals surface area contributed by atoms with Crippen LogP contribution in [-0.2, 0) is 20.9 Å². The molecule has 3 heterocycles. The summed E-state index contributed by atoms with van der Waals surface area (Å²) in [6.07, 6.45) is 4.18. The number of thioether (sulfide) groups is 1. The topological polar surface area (TPSA) is 65.6 Å². The van der Waals surface area contributed by atoms with Crippen molar-refractivity contribution in [1.29, 1.82) is 0 Å². The van der Waals surface area contributed by atoms with Gasteiger partial charge in [0.25, 0.3) is 0 Å². The first-order valence-electron chi connectivity index (χ1n) is 14.8. The van der Waals surface area contributed by atoms with Crippen LogP contribution in [0, 0.1) is 0 Å². The lowest BCUT2D eigenvalue weighted by atomic mass is 9.86. The molecule has 2 aliphatic heterocycles. The van der Waals surface area contributed by atoms with Crippen molar-refractivity contribution < 1.29 is 14.3 Å². The number of halogens is 2. The molecule has 2 aliphatic rings. The fraction of sp³-hybridized carbons (Fsp3) is 0.353. The average molecular weight is 637 g/mol. The number of hydrogen-bond acceptors (Lipinski definition) is 5. The number of likely N-dealkylation sites (tertiary alicyclic amines) is 1. The number of ether oxygens (including phenoxy) is 1. The third-order valence-corrected chi connectivity index (χ3v) is 10.4. The van der Waals surface area contributed by atoms with E-state index in [1.54, 1.807) is 0 Å². The van der Waals surface area contributed by atoms with Crippen LogP contribution in [0.5, 0.6) is 0 Å². The first-order valence-corrected chi connectivity index (χ1v) is 16.4. The van der Waals surface area contributed by atoms with Gasteiger partial charge in [0.2, 0.25) is 5.91 Å². The quantitative estimate of drug-likeness (QED) is 0.172. The Bertz CT molecular complexity index is 1590. The van der Waals surface area contributed by atoms with Crippen LogP contribution in [0.1, 0.15) is 42.9 Å². The van der Waals surface area contributed by atoms with Crippen LogP contribution in [0.4, 0.5) is 0 Å². The molecule has 1 amide bonds. The van der Waals surface area contributed by atoms with Crippen molar-refractivity contribution in [2.75, 3.05) is 32.8 Å². The number of nitrogens with zero attached hydrogens (tertiary/aromatic N) is 2. The Labute approximate surface area is 266 Å². The molecule has 0 spiro atoms. The van der Waals surface area contributed by atoms with Crippen LogP contribution in [-0.4, -0.2) is 64.1 Å². The maximum atomic E-state index is 14.6. The highest BCUT2D eigenvalue weighted by Gasteiger charge is 2.57. The Morgan fingerprint density at radius 3 is 2.56 bits per heavy atom. The van der Waals surface area contributed by atoms with Crippen molar-refractivity contribution in [3.8, 4) is 0 Å². The number of carbonyl (C=O) groups is 2. The number of H-pyrrole nitrogens is 1. The smallest absolute Gasteiger partial charge is 0.225 e. The van der Waals surface area contributed by atoms with Crippen molar-refractivity contribution >= 4 is 57.6 Å². The first-order chi connectivity index (χ1) is 20.9. The Hall–Kier alpha value is -2.81. The lowest BCUT2D eigenvalue weighted by molar-refractivity contribution is -0.129. The van der Waals surface area contributed by atoms with Crippen LogP contribution in [0.15, 0.2) is 83.9 Å². The number of Topliss-reactive ketones (excluding diaryl/α,β-unsaturated/α-hetero) is 1. The summed E-state index contributed by atoms with van der Waals surface area (Å²) in [5.41, 5.74) is 2.72. The summed E-state index contributed by atoms with van der Waals surface area (Å²) in [6, 6.07) is 22.8. The molecule has 2 saturated heterocycles. The zero-order valence-corrected chi connectivity index (χ0v) is 26.3. The van der Waals surface area contributed by atoms with Gasteiger partial charge in [-0.15, -0.1) is 11.8 Å². The van der Waals surface area contributed by atoms with Gasteiger partial charge in [-0.05, 0) is 61.3 Å². The predicted molar refractivity (Wildman–Crippen MR) is 174 cm³/mol. The minimum absolute atomic E-state index is 0.0432. The Morgan fingerprint density at radius 2 is 1.77 bits per heavy atom. The molecular formula is C34H35Cl2N3O3S. The Kier molecular flexibility index (Phi) is 9.45. The summed E-state index contributed by atoms with van der Waals surface area (Å²) in [6.45, 7) is 4.69. The number of morpholine rings is 1. The zero-order chi connectivity index (χ0) is 29.8. The summed E-state index contributed by atoms with van der Waals surface area (Å²) >= 11 is 14.2. The Balaban J connectivity index is 1.38. The number of aromatic nitrogens is 1. The molecule has 6 nitrogen and oxygen atoms in total. The van der Waals surface area contributed by atoms with E-state index in [-0.39, 0.29) is 18.1 Å². The molecule has 0 unspecified atom stereocenters. The number of nitrogens with one attached hydrogen (secondary N) is 1. The van der Waals surface area contributed by atoms with Gasteiger partial charge in [0.15, 0.2) is 5.78 Å². The van der Waals surface area contributed by atoms with Crippen molar-refractivity contribution in [1.82, 2.24) is 14.8 Å². The molecule has 3 aromatic carbocycles. The van der Waals surface area contributed by atoms with E-state index in [9.17, 15) is 9.59 Å². The first kappa shape index (κ1) is 30.2. The van der Waals surface area contributed by atoms with Crippen molar-refractivity contribution in [3.05, 3.63) is 100 Å². The number of carbonyl (C=O) groups excluding carboxylic acids is 2. The number of rotatable bonds is 11. The number of unbranched alkanes of at least 4 members (excludes halogenated alkanes) is 1. The second-order valence-corrected chi connectivity index (χ2v) is 13.6. The number of hydrogen-bond donors (Lipinski definition) is 1. The molecule has 224 valence electrons. The number of ketones is 1. The molecule has 0 saturated carbocycles. The highest BCUT2D eigenvalue weighted by atomic mass is 35.5. The van der Waals surface area contributed by atoms with E-state index in [1.165, 1.54) is 11.8 Å². The standard InChI is InChI=1S/C34H35Cl2N3O3S/c35-25-8-6-7-24(19-25)23-39-32(41)21-34(43-27-9-2-1-3-10-27,31(40)11-4-5-14-38-15-17-42-18-16-38)33(39)29-22-37-30-20-26(36)12-13-28(29)30/h1-3,6-10,12-13,19-20,22,33,37H,4-5,11,14-18,21,23H2/t33-,34-/m0/s1. The summed E-state index contributed by atoms with van der Waals surface area (Å²) in [7, 11) is 0. The van der Waals surface area contributed by atoms with Gasteiger partial charge >= 0.3 is 0 Å². The fourth-order valence-corrected chi connectivity index (χ4v) is 8.23. The van der Waals surface area contributed by atoms with E-state index >= 15 is 0 Å². The molecule has 43 heavy (non-hydrogen) atoms. The molecule has 6 rings (SSSR count). The summed E-state index contributed by atoms with van der Waals surface area (Å²) < 4.78 is 4.47. The third-order valence-electron chi connectivity index (χ3n) is 8.45. The third kappa shape index (κ3) is 6.66. The van der Waals surface area contributed by atoms with Crippen LogP contribution in [0.2, 0.25) is 10.0 Å². The molecule has 0 bridgehead atoms. The summed E-state index contributed by atoms with van der Waals surface area (Å²) in [4.78, 5) is 37.3. The highest BCUT2D eigenvalue weighted by Crippen LogP contribution is 2.55. The van der Waals surface area contributed by atoms with Crippen molar-refractivity contribution in [2.24, 2.45) is 0 Å². The van der Waals surface area contributed by atoms with Gasteiger partial charge in [0.05, 0.1) is 25.7 Å². The minimum Gasteiger partial charge on any atom is -0.379 e. The van der Waals surface area contributed by atoms with E-state index in [0.29, 0.717) is 23.0 Å². The van der Waals surface area contributed by atoms with E-state index in [2.05, 4.69) is 9.88 Å². The number of amides is 1. The number of aromatic amines is 1. The van der Waals surface area contributed by atoms with Gasteiger partial charge in [-0.1, -0.05) is 59.6 Å². The SMILES string of the molecule is O=C1C[C@](Sc2ccccc2)(C(=O)CCCCN2CCOCC2)[C@H](c2c[nH]c3cc(Cl)ccc23)N1Cc1cccc(Cl)c1. The van der Waals surface area contributed by atoms with Gasteiger partial charge in [0.1, 0.15) is 4.75 Å². The van der Waals surface area contributed by atoms with Crippen molar-refractivity contribution in [2.45, 2.75) is 47.9 Å². The van der Waals surface area contributed by atoms with E-state index in [0.717, 1.165) is 72.6 Å². The minimum atomic E-state index is -1.01. The van der Waals surface area contributed by atoms with E-state index < -0.39 is 10.8 Å². The lowest BCUT2D eigenvalue weighted by Gasteiger charge is -2.36. The molecule has 2 fully saturated rings. The molecule has 4 aromatic rings. The van der Waals surface area contributed by atoms with E-state index in [4.69, 9.17) is 27.9 Å². The van der Waals surface area contributed by atoms with Crippen molar-refractivity contribution in [3.63, 3.8) is 0 Å². The molecule has 1 N–H and O–H groups in total. The molecule has 0 radical (unpaired) electrons. The summed E-state index contributed by atoms with van der Waals surface area (Å²) in [5.74, 6) is 0.0666. The lowest BCUT2D eigenvalue weighted by Crippen LogP contribution is -2.42. The van der Waals surface area contributed by atoms with Gasteiger partial charge in [-0.2, -0.15) is 0 Å². The monoisotopic (exact) mass is 635 g/mol. The summed E-state index contributed by atoms with van der Waals surface area (Å²) in [5, 5.41) is 2.20. The second kappa shape index (κ2) is 13.4. The normalized spacial score (nSPS) is 21.1. The highest BCUT2D eigenvalue weighted by molar-refractivity contribution is 8.01. The van der Waals surface area contributed by atoms with Gasteiger partial charge in [-0.25, -0.2) is 0 Å². The van der Waals surface area contributed by atoms with Gasteiger partial charge in [-0.3, -0.25) is 14.5 Å². The van der Waals surface area contributed by atoms with Crippen LogP contribution >= 0.6 is 35.0 Å².